The van der Waals surface area contributed by atoms with Crippen molar-refractivity contribution in [1.82, 2.24) is 0 Å². The highest BCUT2D eigenvalue weighted by molar-refractivity contribution is 6.03. The fraction of sp³-hybridized carbons (Fsp3) is 0.182. The molecule has 2 unspecified atom stereocenters. The number of rotatable bonds is 8. The van der Waals surface area contributed by atoms with Gasteiger partial charge in [-0.2, -0.15) is 0 Å². The largest absolute Gasteiger partial charge is 0.478 e. The number of benzene rings is 2. The van der Waals surface area contributed by atoms with Gasteiger partial charge in [-0.3, -0.25) is 9.59 Å². The summed E-state index contributed by atoms with van der Waals surface area (Å²) >= 11 is 0. The van der Waals surface area contributed by atoms with E-state index in [0.717, 1.165) is 24.3 Å². The monoisotopic (exact) mass is 458 g/mol. The van der Waals surface area contributed by atoms with Gasteiger partial charge in [0.05, 0.1) is 34.1 Å². The van der Waals surface area contributed by atoms with E-state index < -0.39 is 69.9 Å². The maximum Gasteiger partial charge on any atom is 0.336 e. The molecule has 0 spiro atoms. The van der Waals surface area contributed by atoms with Gasteiger partial charge in [0, 0.05) is 0 Å². The van der Waals surface area contributed by atoms with Crippen molar-refractivity contribution in [2.45, 2.75) is 25.7 Å². The van der Waals surface area contributed by atoms with E-state index in [4.69, 9.17) is 14.9 Å². The van der Waals surface area contributed by atoms with Gasteiger partial charge in [-0.15, -0.1) is 0 Å². The normalized spacial score (nSPS) is 12.3. The van der Waals surface area contributed by atoms with Crippen LogP contribution in [0.3, 0.4) is 0 Å². The van der Waals surface area contributed by atoms with E-state index in [2.05, 4.69) is 0 Å². The molecular weight excluding hydrogens is 440 g/mol. The Labute approximate surface area is 185 Å². The molecule has 0 saturated carbocycles. The molecule has 0 aliphatic rings. The first kappa shape index (κ1) is 24.7. The molecule has 33 heavy (non-hydrogen) atoms. The molecule has 0 saturated heterocycles. The number of hydrogen-bond donors (Lipinski definition) is 4. The Hall–Kier alpha value is -4.54. The summed E-state index contributed by atoms with van der Waals surface area (Å²) in [6, 6.07) is 6.48. The van der Waals surface area contributed by atoms with Gasteiger partial charge in [0.15, 0.2) is 0 Å². The van der Waals surface area contributed by atoms with Crippen LogP contribution in [-0.4, -0.2) is 56.2 Å². The second-order valence-electron chi connectivity index (χ2n) is 7.01. The summed E-state index contributed by atoms with van der Waals surface area (Å²) in [6.45, 7) is 2.65. The molecule has 11 heteroatoms. The minimum absolute atomic E-state index is 0.0989. The zero-order valence-corrected chi connectivity index (χ0v) is 17.3. The number of carbonyl (C=O) groups is 6. The third kappa shape index (κ3) is 5.39. The number of carbonyl (C=O) groups excluding carboxylic acids is 2. The Morgan fingerprint density at radius 3 is 1.15 bits per heavy atom. The maximum atomic E-state index is 12.4. The second kappa shape index (κ2) is 9.73. The predicted molar refractivity (Wildman–Crippen MR) is 109 cm³/mol. The number of ether oxygens (including phenoxy) is 1. The number of hydrogen-bond acceptors (Lipinski definition) is 7. The molecule has 172 valence electrons. The summed E-state index contributed by atoms with van der Waals surface area (Å²) in [5.74, 6) is -10.3. The summed E-state index contributed by atoms with van der Waals surface area (Å²) < 4.78 is 4.83. The smallest absolute Gasteiger partial charge is 0.336 e. The van der Waals surface area contributed by atoms with Crippen molar-refractivity contribution >= 4 is 35.8 Å². The van der Waals surface area contributed by atoms with Gasteiger partial charge in [-0.25, -0.2) is 19.2 Å². The minimum Gasteiger partial charge on any atom is -0.478 e. The first-order valence-corrected chi connectivity index (χ1v) is 9.31. The van der Waals surface area contributed by atoms with E-state index >= 15 is 0 Å². The van der Waals surface area contributed by atoms with Gasteiger partial charge in [0.25, 0.3) is 0 Å². The standard InChI is InChI=1S/C22H18O11/c1-9(11-3-5-13(17(23)24)15(7-11)19(27)28)21(31)33-22(32)10(2)12-4-6-14(18(25)26)16(8-12)20(29)30/h3-10H,1-2H3,(H,23,24)(H,25,26)(H,27,28)(H,29,30). The van der Waals surface area contributed by atoms with Crippen LogP contribution in [-0.2, 0) is 14.3 Å². The van der Waals surface area contributed by atoms with Gasteiger partial charge >= 0.3 is 35.8 Å². The summed E-state index contributed by atoms with van der Waals surface area (Å²) in [7, 11) is 0. The molecule has 0 heterocycles. The van der Waals surface area contributed by atoms with Crippen LogP contribution in [0.5, 0.6) is 0 Å². The molecule has 0 aromatic heterocycles. The Morgan fingerprint density at radius 1 is 0.576 bits per heavy atom. The maximum absolute atomic E-state index is 12.4. The van der Waals surface area contributed by atoms with Crippen LogP contribution in [0.1, 0.15) is 78.2 Å². The first-order valence-electron chi connectivity index (χ1n) is 9.31. The summed E-state index contributed by atoms with van der Waals surface area (Å²) in [4.78, 5) is 69.8. The third-order valence-corrected chi connectivity index (χ3v) is 4.92. The molecule has 0 bridgehead atoms. The first-order chi connectivity index (χ1) is 15.3. The zero-order valence-electron chi connectivity index (χ0n) is 17.3. The van der Waals surface area contributed by atoms with E-state index in [-0.39, 0.29) is 11.1 Å². The van der Waals surface area contributed by atoms with E-state index in [1.165, 1.54) is 26.0 Å². The van der Waals surface area contributed by atoms with Crippen molar-refractivity contribution < 1.29 is 53.9 Å². The van der Waals surface area contributed by atoms with E-state index in [1.54, 1.807) is 0 Å². The fourth-order valence-corrected chi connectivity index (χ4v) is 2.94. The van der Waals surface area contributed by atoms with Crippen LogP contribution in [0, 0.1) is 0 Å². The lowest BCUT2D eigenvalue weighted by Crippen LogP contribution is -2.22. The molecule has 0 fully saturated rings. The van der Waals surface area contributed by atoms with Gasteiger partial charge in [-0.1, -0.05) is 12.1 Å². The van der Waals surface area contributed by atoms with Crippen molar-refractivity contribution in [3.8, 4) is 0 Å². The van der Waals surface area contributed by atoms with Crippen LogP contribution >= 0.6 is 0 Å². The van der Waals surface area contributed by atoms with E-state index in [9.17, 15) is 39.0 Å². The lowest BCUT2D eigenvalue weighted by Gasteiger charge is -2.15. The SMILES string of the molecule is CC(C(=O)OC(=O)C(C)c1ccc(C(=O)O)c(C(=O)O)c1)c1ccc(C(=O)O)c(C(=O)O)c1. The molecule has 4 N–H and O–H groups in total. The van der Waals surface area contributed by atoms with Gasteiger partial charge in [-0.05, 0) is 49.2 Å². The van der Waals surface area contributed by atoms with Crippen LogP contribution in [0.25, 0.3) is 0 Å². The van der Waals surface area contributed by atoms with E-state index in [1.807, 2.05) is 0 Å². The molecule has 0 amide bonds. The van der Waals surface area contributed by atoms with Gasteiger partial charge < -0.3 is 25.2 Å². The third-order valence-electron chi connectivity index (χ3n) is 4.92. The molecular formula is C22H18O11. The Kier molecular flexibility index (Phi) is 7.29. The lowest BCUT2D eigenvalue weighted by atomic mass is 9.95. The summed E-state index contributed by atoms with van der Waals surface area (Å²) in [5, 5.41) is 36.6. The molecule has 2 atom stereocenters. The zero-order chi connectivity index (χ0) is 25.0. The highest BCUT2D eigenvalue weighted by atomic mass is 16.6. The quantitative estimate of drug-likeness (QED) is 0.335. The van der Waals surface area contributed by atoms with E-state index in [0.29, 0.717) is 0 Å². The predicted octanol–water partition coefficient (Wildman–Crippen LogP) is 2.46. The molecule has 0 radical (unpaired) electrons. The topological polar surface area (TPSA) is 193 Å². The van der Waals surface area contributed by atoms with Gasteiger partial charge in [0.1, 0.15) is 0 Å². The molecule has 0 aliphatic heterocycles. The molecule has 0 aliphatic carbocycles. The minimum atomic E-state index is -1.52. The lowest BCUT2D eigenvalue weighted by molar-refractivity contribution is -0.161. The van der Waals surface area contributed by atoms with Crippen molar-refractivity contribution in [2.24, 2.45) is 0 Å². The highest BCUT2D eigenvalue weighted by Crippen LogP contribution is 2.25. The summed E-state index contributed by atoms with van der Waals surface area (Å²) in [6.07, 6.45) is 0. The summed E-state index contributed by atoms with van der Waals surface area (Å²) in [5.41, 5.74) is -1.84. The molecule has 11 nitrogen and oxygen atoms in total. The van der Waals surface area contributed by atoms with Gasteiger partial charge in [0.2, 0.25) is 0 Å². The van der Waals surface area contributed by atoms with Crippen LogP contribution < -0.4 is 0 Å². The number of aromatic carboxylic acids is 4. The van der Waals surface area contributed by atoms with Crippen LogP contribution in [0.15, 0.2) is 36.4 Å². The average molecular weight is 458 g/mol. The Bertz CT molecular complexity index is 1090. The van der Waals surface area contributed by atoms with Crippen LogP contribution in [0.2, 0.25) is 0 Å². The Morgan fingerprint density at radius 2 is 0.879 bits per heavy atom. The number of carboxylic acids is 4. The molecule has 2 aromatic carbocycles. The van der Waals surface area contributed by atoms with Crippen molar-refractivity contribution in [3.63, 3.8) is 0 Å². The number of carboxylic acid groups (broad SMARTS) is 4. The molecule has 2 aromatic rings. The molecule has 2 rings (SSSR count). The highest BCUT2D eigenvalue weighted by Gasteiger charge is 2.27. The van der Waals surface area contributed by atoms with Crippen molar-refractivity contribution in [2.75, 3.05) is 0 Å². The second-order valence-corrected chi connectivity index (χ2v) is 7.01. The fourth-order valence-electron chi connectivity index (χ4n) is 2.94. The Balaban J connectivity index is 2.24. The van der Waals surface area contributed by atoms with Crippen LogP contribution in [0.4, 0.5) is 0 Å². The number of esters is 2. The van der Waals surface area contributed by atoms with Crippen molar-refractivity contribution in [3.05, 3.63) is 69.8 Å². The van der Waals surface area contributed by atoms with Crippen molar-refractivity contribution in [1.29, 1.82) is 0 Å². The average Bonchev–Trinajstić information content (AvgIpc) is 2.76.